The standard InChI is InChI=1S/C22H23ClF3NO2/c1-29-21(28)11-16-10-18(17-4-6-19(7-5-17)22(24,25)26)14-27(13-16)12-15-2-8-20(23)9-3-15/h2-9,16,18H,10-14H2,1H3/t16-,18+/m0/s1. The molecule has 0 spiro atoms. The summed E-state index contributed by atoms with van der Waals surface area (Å²) in [6.07, 6.45) is -3.32. The van der Waals surface area contributed by atoms with Crippen LogP contribution in [0.2, 0.25) is 5.02 Å². The molecule has 29 heavy (non-hydrogen) atoms. The summed E-state index contributed by atoms with van der Waals surface area (Å²) in [5.41, 5.74) is 1.30. The predicted octanol–water partition coefficient (Wildman–Crippen LogP) is 5.53. The minimum absolute atomic E-state index is 0.0491. The maximum Gasteiger partial charge on any atom is 0.416 e. The quantitative estimate of drug-likeness (QED) is 0.590. The number of likely N-dealkylation sites (tertiary alicyclic amines) is 1. The first-order chi connectivity index (χ1) is 13.7. The highest BCUT2D eigenvalue weighted by Gasteiger charge is 2.32. The second-order valence-corrected chi connectivity index (χ2v) is 7.96. The summed E-state index contributed by atoms with van der Waals surface area (Å²) < 4.78 is 43.4. The molecular formula is C22H23ClF3NO2. The Hall–Kier alpha value is -2.05. The third-order valence-electron chi connectivity index (χ3n) is 5.32. The van der Waals surface area contributed by atoms with Gasteiger partial charge in [-0.15, -0.1) is 0 Å². The highest BCUT2D eigenvalue weighted by molar-refractivity contribution is 6.30. The van der Waals surface area contributed by atoms with E-state index in [9.17, 15) is 18.0 Å². The van der Waals surface area contributed by atoms with Crippen LogP contribution in [0.5, 0.6) is 0 Å². The van der Waals surface area contributed by atoms with Crippen molar-refractivity contribution in [1.29, 1.82) is 0 Å². The van der Waals surface area contributed by atoms with Gasteiger partial charge in [-0.3, -0.25) is 9.69 Å². The van der Waals surface area contributed by atoms with Crippen molar-refractivity contribution in [3.63, 3.8) is 0 Å². The van der Waals surface area contributed by atoms with Gasteiger partial charge in [0.1, 0.15) is 0 Å². The molecule has 0 amide bonds. The van der Waals surface area contributed by atoms with Crippen molar-refractivity contribution in [2.24, 2.45) is 5.92 Å². The van der Waals surface area contributed by atoms with Gasteiger partial charge in [-0.2, -0.15) is 13.2 Å². The van der Waals surface area contributed by atoms with E-state index in [4.69, 9.17) is 16.3 Å². The smallest absolute Gasteiger partial charge is 0.416 e. The zero-order valence-corrected chi connectivity index (χ0v) is 16.8. The first-order valence-electron chi connectivity index (χ1n) is 9.45. The van der Waals surface area contributed by atoms with Crippen LogP contribution in [-0.4, -0.2) is 31.1 Å². The first-order valence-corrected chi connectivity index (χ1v) is 9.83. The number of methoxy groups -OCH3 is 1. The number of benzene rings is 2. The SMILES string of the molecule is COC(=O)C[C@@H]1C[C@@H](c2ccc(C(F)(F)F)cc2)CN(Cc2ccc(Cl)cc2)C1. The van der Waals surface area contributed by atoms with Gasteiger partial charge >= 0.3 is 12.1 Å². The Morgan fingerprint density at radius 1 is 1.10 bits per heavy atom. The molecule has 156 valence electrons. The van der Waals surface area contributed by atoms with E-state index in [0.717, 1.165) is 36.2 Å². The van der Waals surface area contributed by atoms with Crippen LogP contribution in [0.1, 0.15) is 35.4 Å². The van der Waals surface area contributed by atoms with E-state index >= 15 is 0 Å². The molecule has 3 rings (SSSR count). The lowest BCUT2D eigenvalue weighted by molar-refractivity contribution is -0.142. The number of rotatable bonds is 5. The van der Waals surface area contributed by atoms with Gasteiger partial charge in [-0.1, -0.05) is 35.9 Å². The van der Waals surface area contributed by atoms with Gasteiger partial charge in [0.05, 0.1) is 12.7 Å². The van der Waals surface area contributed by atoms with Crippen molar-refractivity contribution in [3.05, 3.63) is 70.2 Å². The number of halogens is 4. The predicted molar refractivity (Wildman–Crippen MR) is 106 cm³/mol. The zero-order chi connectivity index (χ0) is 21.0. The number of ether oxygens (including phenoxy) is 1. The van der Waals surface area contributed by atoms with Crippen LogP contribution in [0.25, 0.3) is 0 Å². The molecule has 0 bridgehead atoms. The number of hydrogen-bond acceptors (Lipinski definition) is 3. The Balaban J connectivity index is 1.77. The van der Waals surface area contributed by atoms with Crippen LogP contribution in [-0.2, 0) is 22.3 Å². The molecule has 1 fully saturated rings. The Labute approximate surface area is 173 Å². The van der Waals surface area contributed by atoms with Crippen LogP contribution < -0.4 is 0 Å². The summed E-state index contributed by atoms with van der Waals surface area (Å²) in [4.78, 5) is 14.0. The van der Waals surface area contributed by atoms with Gasteiger partial charge in [0.2, 0.25) is 0 Å². The van der Waals surface area contributed by atoms with Crippen LogP contribution >= 0.6 is 11.6 Å². The maximum absolute atomic E-state index is 12.9. The lowest BCUT2D eigenvalue weighted by Gasteiger charge is -2.38. The van der Waals surface area contributed by atoms with Crippen LogP contribution in [0, 0.1) is 5.92 Å². The molecular weight excluding hydrogens is 403 g/mol. The van der Waals surface area contributed by atoms with E-state index in [0.29, 0.717) is 24.5 Å². The van der Waals surface area contributed by atoms with Gasteiger partial charge in [0.25, 0.3) is 0 Å². The summed E-state index contributed by atoms with van der Waals surface area (Å²) in [5, 5.41) is 0.665. The van der Waals surface area contributed by atoms with Crippen molar-refractivity contribution in [1.82, 2.24) is 4.90 Å². The van der Waals surface area contributed by atoms with Crippen molar-refractivity contribution in [3.8, 4) is 0 Å². The number of carbonyl (C=O) groups is 1. The highest BCUT2D eigenvalue weighted by Crippen LogP contribution is 2.35. The monoisotopic (exact) mass is 425 g/mol. The molecule has 3 nitrogen and oxygen atoms in total. The van der Waals surface area contributed by atoms with Gasteiger partial charge in [-0.25, -0.2) is 0 Å². The molecule has 2 aromatic rings. The number of hydrogen-bond donors (Lipinski definition) is 0. The fraction of sp³-hybridized carbons (Fsp3) is 0.409. The molecule has 7 heteroatoms. The lowest BCUT2D eigenvalue weighted by Crippen LogP contribution is -2.40. The van der Waals surface area contributed by atoms with E-state index in [1.54, 1.807) is 12.1 Å². The van der Waals surface area contributed by atoms with E-state index in [-0.39, 0.29) is 17.8 Å². The number of alkyl halides is 3. The fourth-order valence-corrected chi connectivity index (χ4v) is 4.06. The molecule has 0 aromatic heterocycles. The number of nitrogens with zero attached hydrogens (tertiary/aromatic N) is 1. The van der Waals surface area contributed by atoms with Crippen LogP contribution in [0.15, 0.2) is 48.5 Å². The van der Waals surface area contributed by atoms with Gasteiger partial charge in [0, 0.05) is 31.1 Å². The minimum atomic E-state index is -4.35. The summed E-state index contributed by atoms with van der Waals surface area (Å²) in [6, 6.07) is 12.9. The maximum atomic E-state index is 12.9. The normalized spacial score (nSPS) is 20.4. The van der Waals surface area contributed by atoms with Crippen molar-refractivity contribution < 1.29 is 22.7 Å². The lowest BCUT2D eigenvalue weighted by atomic mass is 9.82. The summed E-state index contributed by atoms with van der Waals surface area (Å²) in [7, 11) is 1.37. The molecule has 0 aliphatic carbocycles. The van der Waals surface area contributed by atoms with E-state index in [2.05, 4.69) is 4.90 Å². The average molecular weight is 426 g/mol. The minimum Gasteiger partial charge on any atom is -0.469 e. The molecule has 1 saturated heterocycles. The van der Waals surface area contributed by atoms with Gasteiger partial charge in [0.15, 0.2) is 0 Å². The topological polar surface area (TPSA) is 29.5 Å². The van der Waals surface area contributed by atoms with E-state index in [1.165, 1.54) is 7.11 Å². The molecule has 0 saturated carbocycles. The molecule has 0 N–H and O–H groups in total. The van der Waals surface area contributed by atoms with Crippen LogP contribution in [0.4, 0.5) is 13.2 Å². The van der Waals surface area contributed by atoms with Gasteiger partial charge < -0.3 is 4.74 Å². The molecule has 2 aromatic carbocycles. The second-order valence-electron chi connectivity index (χ2n) is 7.52. The van der Waals surface area contributed by atoms with Crippen molar-refractivity contribution in [2.45, 2.75) is 31.5 Å². The molecule has 2 atom stereocenters. The number of esters is 1. The van der Waals surface area contributed by atoms with Crippen molar-refractivity contribution in [2.75, 3.05) is 20.2 Å². The van der Waals surface area contributed by atoms with E-state index < -0.39 is 11.7 Å². The summed E-state index contributed by atoms with van der Waals surface area (Å²) in [5.74, 6) is -0.140. The highest BCUT2D eigenvalue weighted by atomic mass is 35.5. The Morgan fingerprint density at radius 3 is 2.34 bits per heavy atom. The summed E-state index contributed by atoms with van der Waals surface area (Å²) in [6.45, 7) is 2.13. The summed E-state index contributed by atoms with van der Waals surface area (Å²) >= 11 is 5.95. The Morgan fingerprint density at radius 2 is 1.76 bits per heavy atom. The van der Waals surface area contributed by atoms with Crippen molar-refractivity contribution >= 4 is 17.6 Å². The number of carbonyl (C=O) groups excluding carboxylic acids is 1. The average Bonchev–Trinajstić information content (AvgIpc) is 2.69. The Kier molecular flexibility index (Phi) is 6.85. The van der Waals surface area contributed by atoms with E-state index in [1.807, 2.05) is 24.3 Å². The largest absolute Gasteiger partial charge is 0.469 e. The first kappa shape index (κ1) is 21.7. The molecule has 1 heterocycles. The second kappa shape index (κ2) is 9.18. The third-order valence-corrected chi connectivity index (χ3v) is 5.58. The fourth-order valence-electron chi connectivity index (χ4n) is 3.93. The molecule has 1 aliphatic rings. The molecule has 0 unspecified atom stereocenters. The molecule has 1 aliphatic heterocycles. The molecule has 0 radical (unpaired) electrons. The van der Waals surface area contributed by atoms with Crippen LogP contribution in [0.3, 0.4) is 0 Å². The Bertz CT molecular complexity index is 821. The number of piperidine rings is 1. The third kappa shape index (κ3) is 5.97. The van der Waals surface area contributed by atoms with Gasteiger partial charge in [-0.05, 0) is 53.6 Å². The zero-order valence-electron chi connectivity index (χ0n) is 16.1.